The molecule has 0 unspecified atom stereocenters. The van der Waals surface area contributed by atoms with Crippen LogP contribution in [0.4, 0.5) is 5.69 Å². The Bertz CT molecular complexity index is 1520. The Kier molecular flexibility index (Phi) is 9.82. The van der Waals surface area contributed by atoms with Crippen LogP contribution < -0.4 is 4.74 Å². The van der Waals surface area contributed by atoms with Crippen molar-refractivity contribution >= 4 is 5.69 Å². The predicted octanol–water partition coefficient (Wildman–Crippen LogP) is 7.15. The number of hydrogen-bond acceptors (Lipinski definition) is 6. The van der Waals surface area contributed by atoms with Crippen molar-refractivity contribution in [2.75, 3.05) is 20.8 Å². The molecule has 5 aromatic rings. The summed E-state index contributed by atoms with van der Waals surface area (Å²) in [5, 5.41) is 23.1. The number of hydrogen-bond donors (Lipinski definition) is 1. The number of likely N-dealkylation sites (N-methyl/N-ethyl adjacent to an activating group) is 1. The van der Waals surface area contributed by atoms with Gasteiger partial charge in [-0.1, -0.05) is 103 Å². The molecule has 44 heavy (non-hydrogen) atoms. The van der Waals surface area contributed by atoms with E-state index in [0.29, 0.717) is 12.1 Å². The van der Waals surface area contributed by atoms with Gasteiger partial charge >= 0.3 is 0 Å². The second-order valence-electron chi connectivity index (χ2n) is 10.7. The third kappa shape index (κ3) is 6.71. The lowest BCUT2D eigenvalue weighted by Gasteiger charge is -2.39. The van der Waals surface area contributed by atoms with Crippen molar-refractivity contribution in [1.29, 1.82) is 0 Å². The van der Waals surface area contributed by atoms with Crippen molar-refractivity contribution in [2.24, 2.45) is 0 Å². The average Bonchev–Trinajstić information content (AvgIpc) is 3.08. The number of rotatable bonds is 13. The molecule has 1 N–H and O–H groups in total. The summed E-state index contributed by atoms with van der Waals surface area (Å²) < 4.78 is 12.4. The highest BCUT2D eigenvalue weighted by Gasteiger charge is 2.39. The Hall–Kier alpha value is -4.82. The van der Waals surface area contributed by atoms with Crippen LogP contribution in [0, 0.1) is 10.1 Å². The number of nitro benzene ring substituents is 1. The number of non-ortho nitro benzene ring substituents is 1. The van der Waals surface area contributed by atoms with Crippen LogP contribution in [0.5, 0.6) is 5.75 Å². The van der Waals surface area contributed by atoms with Gasteiger partial charge in [0, 0.05) is 18.7 Å². The molecule has 2 atom stereocenters. The summed E-state index contributed by atoms with van der Waals surface area (Å²) in [5.74, 6) is 0.764. The summed E-state index contributed by atoms with van der Waals surface area (Å²) in [6.07, 6.45) is -1.00. The molecule has 0 aliphatic heterocycles. The lowest BCUT2D eigenvalue weighted by Crippen LogP contribution is -2.44. The van der Waals surface area contributed by atoms with Crippen LogP contribution in [-0.4, -0.2) is 41.7 Å². The van der Waals surface area contributed by atoms with E-state index in [1.165, 1.54) is 12.1 Å². The summed E-state index contributed by atoms with van der Waals surface area (Å²) in [6, 6.07) is 43.6. The van der Waals surface area contributed by atoms with Gasteiger partial charge in [0.05, 0.1) is 30.8 Å². The van der Waals surface area contributed by atoms with Gasteiger partial charge in [0.25, 0.3) is 5.69 Å². The van der Waals surface area contributed by atoms with E-state index < -0.39 is 22.7 Å². The summed E-state index contributed by atoms with van der Waals surface area (Å²) in [5.41, 5.74) is 3.47. The van der Waals surface area contributed by atoms with Crippen LogP contribution >= 0.6 is 0 Å². The van der Waals surface area contributed by atoms with E-state index in [-0.39, 0.29) is 12.3 Å². The molecule has 0 radical (unpaired) electrons. The van der Waals surface area contributed by atoms with Gasteiger partial charge in [0.15, 0.2) is 0 Å². The van der Waals surface area contributed by atoms with Gasteiger partial charge in [-0.2, -0.15) is 0 Å². The van der Waals surface area contributed by atoms with E-state index in [9.17, 15) is 15.2 Å². The van der Waals surface area contributed by atoms with E-state index in [2.05, 4.69) is 41.3 Å². The molecule has 0 saturated heterocycles. The number of benzene rings is 5. The summed E-state index contributed by atoms with van der Waals surface area (Å²) in [6.45, 7) is 0.667. The van der Waals surface area contributed by atoms with Crippen molar-refractivity contribution in [3.05, 3.63) is 177 Å². The minimum Gasteiger partial charge on any atom is -0.497 e. The van der Waals surface area contributed by atoms with Gasteiger partial charge < -0.3 is 14.6 Å². The van der Waals surface area contributed by atoms with E-state index >= 15 is 0 Å². The molecular formula is C37H36N2O5. The highest BCUT2D eigenvalue weighted by atomic mass is 16.6. The van der Waals surface area contributed by atoms with E-state index in [4.69, 9.17) is 9.47 Å². The van der Waals surface area contributed by atoms with Crippen LogP contribution in [0.25, 0.3) is 0 Å². The van der Waals surface area contributed by atoms with Crippen molar-refractivity contribution in [3.8, 4) is 5.75 Å². The lowest BCUT2D eigenvalue weighted by molar-refractivity contribution is -0.384. The maximum atomic E-state index is 11.8. The first kappa shape index (κ1) is 30.6. The molecule has 0 aromatic heterocycles. The Morgan fingerprint density at radius 2 is 1.23 bits per heavy atom. The van der Waals surface area contributed by atoms with Gasteiger partial charge in [0.1, 0.15) is 11.4 Å². The van der Waals surface area contributed by atoms with E-state index in [1.807, 2.05) is 85.9 Å². The molecule has 0 saturated carbocycles. The van der Waals surface area contributed by atoms with Crippen LogP contribution in [0.15, 0.2) is 140 Å². The number of methoxy groups -OCH3 is 1. The quantitative estimate of drug-likeness (QED) is 0.0894. The molecule has 0 fully saturated rings. The van der Waals surface area contributed by atoms with Crippen molar-refractivity contribution in [2.45, 2.75) is 24.3 Å². The smallest absolute Gasteiger partial charge is 0.269 e. The third-order valence-electron chi connectivity index (χ3n) is 7.98. The lowest BCUT2D eigenvalue weighted by atomic mass is 9.80. The number of nitrogens with zero attached hydrogens (tertiary/aromatic N) is 2. The SMILES string of the molecule is COc1ccc(CN(C)[C@H](COC(c2ccccc2)(c2ccccc2)c2ccccc2)[C@H](O)c2ccc([N+](=O)[O-])cc2)cc1. The fourth-order valence-electron chi connectivity index (χ4n) is 5.59. The minimum absolute atomic E-state index is 0.0309. The van der Waals surface area contributed by atoms with Gasteiger partial charge in [-0.05, 0) is 59.1 Å². The predicted molar refractivity (Wildman–Crippen MR) is 171 cm³/mol. The fourth-order valence-corrected chi connectivity index (χ4v) is 5.59. The van der Waals surface area contributed by atoms with Crippen LogP contribution in [-0.2, 0) is 16.9 Å². The maximum Gasteiger partial charge on any atom is 0.269 e. The summed E-state index contributed by atoms with van der Waals surface area (Å²) in [7, 11) is 3.58. The second-order valence-corrected chi connectivity index (χ2v) is 10.7. The zero-order chi connectivity index (χ0) is 30.9. The first-order chi connectivity index (χ1) is 21.4. The molecule has 7 heteroatoms. The van der Waals surface area contributed by atoms with Crippen LogP contribution in [0.2, 0.25) is 0 Å². The first-order valence-corrected chi connectivity index (χ1v) is 14.5. The molecule has 0 aliphatic carbocycles. The number of nitro groups is 1. The molecule has 0 aliphatic rings. The molecule has 0 heterocycles. The zero-order valence-electron chi connectivity index (χ0n) is 24.8. The number of aliphatic hydroxyl groups is 1. The Morgan fingerprint density at radius 3 is 1.66 bits per heavy atom. The van der Waals surface area contributed by atoms with Crippen molar-refractivity contribution in [3.63, 3.8) is 0 Å². The molecule has 0 amide bonds. The maximum absolute atomic E-state index is 11.8. The largest absolute Gasteiger partial charge is 0.497 e. The molecule has 5 aromatic carbocycles. The molecule has 0 spiro atoms. The van der Waals surface area contributed by atoms with E-state index in [1.54, 1.807) is 19.2 Å². The van der Waals surface area contributed by atoms with Gasteiger partial charge in [-0.3, -0.25) is 15.0 Å². The average molecular weight is 589 g/mol. The van der Waals surface area contributed by atoms with Gasteiger partial charge in [-0.25, -0.2) is 0 Å². The normalized spacial score (nSPS) is 12.9. The van der Waals surface area contributed by atoms with Crippen molar-refractivity contribution < 1.29 is 19.5 Å². The van der Waals surface area contributed by atoms with Gasteiger partial charge in [0.2, 0.25) is 0 Å². The number of ether oxygens (including phenoxy) is 2. The first-order valence-electron chi connectivity index (χ1n) is 14.5. The standard InChI is InChI=1S/C37H36N2O5/c1-38(26-28-18-24-34(43-2)25-19-28)35(36(40)29-20-22-33(23-21-29)39(41)42)27-44-37(30-12-6-3-7-13-30,31-14-8-4-9-15-31)32-16-10-5-11-17-32/h3-25,35-36,40H,26-27H2,1-2H3/t35-,36-/m1/s1. The molecule has 224 valence electrons. The summed E-state index contributed by atoms with van der Waals surface area (Å²) in [4.78, 5) is 12.9. The molecule has 7 nitrogen and oxygen atoms in total. The topological polar surface area (TPSA) is 85.1 Å². The number of aliphatic hydroxyl groups excluding tert-OH is 1. The van der Waals surface area contributed by atoms with E-state index in [0.717, 1.165) is 28.0 Å². The van der Waals surface area contributed by atoms with Crippen LogP contribution in [0.3, 0.4) is 0 Å². The molecule has 5 rings (SSSR count). The fraction of sp³-hybridized carbons (Fsp3) is 0.189. The van der Waals surface area contributed by atoms with Gasteiger partial charge in [-0.15, -0.1) is 0 Å². The summed E-state index contributed by atoms with van der Waals surface area (Å²) >= 11 is 0. The Balaban J connectivity index is 1.56. The molecule has 0 bridgehead atoms. The van der Waals surface area contributed by atoms with Crippen LogP contribution in [0.1, 0.15) is 33.9 Å². The highest BCUT2D eigenvalue weighted by Crippen LogP contribution is 2.41. The van der Waals surface area contributed by atoms with Crippen molar-refractivity contribution in [1.82, 2.24) is 4.90 Å². The molecular weight excluding hydrogens is 552 g/mol. The zero-order valence-corrected chi connectivity index (χ0v) is 24.8. The monoisotopic (exact) mass is 588 g/mol. The Morgan fingerprint density at radius 1 is 0.750 bits per heavy atom. The second kappa shape index (κ2) is 14.1. The highest BCUT2D eigenvalue weighted by molar-refractivity contribution is 5.47. The minimum atomic E-state index is -1.00. The third-order valence-corrected chi connectivity index (χ3v) is 7.98. The Labute approximate surface area is 258 Å².